The summed E-state index contributed by atoms with van der Waals surface area (Å²) < 4.78 is 5.86. The molecule has 1 atom stereocenters. The van der Waals surface area contributed by atoms with Gasteiger partial charge in [-0.15, -0.1) is 0 Å². The molecule has 0 N–H and O–H groups in total. The number of ether oxygens (including phenoxy) is 1. The van der Waals surface area contributed by atoms with Crippen LogP contribution in [-0.4, -0.2) is 35.0 Å². The van der Waals surface area contributed by atoms with Gasteiger partial charge in [-0.25, -0.2) is 0 Å². The Bertz CT molecular complexity index is 515. The summed E-state index contributed by atoms with van der Waals surface area (Å²) in [5.41, 5.74) is 0.859. The summed E-state index contributed by atoms with van der Waals surface area (Å²) in [6.07, 6.45) is 1.80. The monoisotopic (exact) mass is 259 g/mol. The average molecular weight is 259 g/mol. The first-order chi connectivity index (χ1) is 8.98. The maximum absolute atomic E-state index is 12.2. The van der Waals surface area contributed by atoms with Crippen molar-refractivity contribution in [1.82, 2.24) is 4.90 Å². The number of fused-ring (bicyclic) bond motifs is 1. The molecule has 2 amide bonds. The number of hydrogen-bond donors (Lipinski definition) is 0. The SMILES string of the molecule is CC1(C)CCC(CN2C(=O)c3ccccc3C2=O)O1. The van der Waals surface area contributed by atoms with Gasteiger partial charge in [0.1, 0.15) is 0 Å². The Balaban J connectivity index is 1.78. The second-order valence-corrected chi connectivity index (χ2v) is 5.80. The summed E-state index contributed by atoms with van der Waals surface area (Å²) in [5, 5.41) is 0. The van der Waals surface area contributed by atoms with Gasteiger partial charge in [0.2, 0.25) is 0 Å². The van der Waals surface area contributed by atoms with E-state index in [0.717, 1.165) is 12.8 Å². The van der Waals surface area contributed by atoms with Crippen LogP contribution in [0.5, 0.6) is 0 Å². The van der Waals surface area contributed by atoms with E-state index >= 15 is 0 Å². The first-order valence-corrected chi connectivity index (χ1v) is 6.61. The largest absolute Gasteiger partial charge is 0.370 e. The lowest BCUT2D eigenvalue weighted by molar-refractivity contribution is -0.0242. The third-order valence-electron chi connectivity index (χ3n) is 3.82. The van der Waals surface area contributed by atoms with Crippen LogP contribution in [0.2, 0.25) is 0 Å². The van der Waals surface area contributed by atoms with E-state index in [4.69, 9.17) is 4.74 Å². The van der Waals surface area contributed by atoms with Crippen LogP contribution in [0.4, 0.5) is 0 Å². The van der Waals surface area contributed by atoms with Crippen molar-refractivity contribution in [3.63, 3.8) is 0 Å². The molecule has 2 heterocycles. The highest BCUT2D eigenvalue weighted by atomic mass is 16.5. The Labute approximate surface area is 112 Å². The van der Waals surface area contributed by atoms with Crippen molar-refractivity contribution in [2.75, 3.05) is 6.54 Å². The highest BCUT2D eigenvalue weighted by Crippen LogP contribution is 2.31. The molecule has 0 radical (unpaired) electrons. The van der Waals surface area contributed by atoms with E-state index in [9.17, 15) is 9.59 Å². The Morgan fingerprint density at radius 3 is 2.26 bits per heavy atom. The lowest BCUT2D eigenvalue weighted by atomic mass is 10.1. The maximum atomic E-state index is 12.2. The van der Waals surface area contributed by atoms with Gasteiger partial charge >= 0.3 is 0 Å². The average Bonchev–Trinajstić information content (AvgIpc) is 2.83. The molecule has 1 saturated heterocycles. The molecule has 1 aromatic carbocycles. The fourth-order valence-electron chi connectivity index (χ4n) is 2.81. The zero-order valence-electron chi connectivity index (χ0n) is 11.2. The second kappa shape index (κ2) is 4.17. The van der Waals surface area contributed by atoms with Crippen LogP contribution in [0.25, 0.3) is 0 Å². The maximum Gasteiger partial charge on any atom is 0.261 e. The Morgan fingerprint density at radius 2 is 1.79 bits per heavy atom. The van der Waals surface area contributed by atoms with E-state index < -0.39 is 0 Å². The molecule has 4 heteroatoms. The van der Waals surface area contributed by atoms with Gasteiger partial charge in [0, 0.05) is 0 Å². The third-order valence-corrected chi connectivity index (χ3v) is 3.82. The summed E-state index contributed by atoms with van der Waals surface area (Å²) >= 11 is 0. The molecular weight excluding hydrogens is 242 g/mol. The zero-order chi connectivity index (χ0) is 13.6. The van der Waals surface area contributed by atoms with E-state index in [0.29, 0.717) is 17.7 Å². The molecule has 4 nitrogen and oxygen atoms in total. The van der Waals surface area contributed by atoms with Gasteiger partial charge in [0.05, 0.1) is 29.4 Å². The number of hydrogen-bond acceptors (Lipinski definition) is 3. The number of amides is 2. The minimum absolute atomic E-state index is 0.0442. The van der Waals surface area contributed by atoms with Crippen LogP contribution >= 0.6 is 0 Å². The number of imide groups is 1. The number of carbonyl (C=O) groups excluding carboxylic acids is 2. The summed E-state index contributed by atoms with van der Waals surface area (Å²) in [4.78, 5) is 25.7. The molecule has 0 spiro atoms. The minimum atomic E-state index is -0.200. The zero-order valence-corrected chi connectivity index (χ0v) is 11.2. The normalized spacial score (nSPS) is 24.9. The Morgan fingerprint density at radius 1 is 1.21 bits per heavy atom. The molecule has 0 aromatic heterocycles. The van der Waals surface area contributed by atoms with Crippen molar-refractivity contribution >= 4 is 11.8 Å². The molecule has 0 saturated carbocycles. The highest BCUT2D eigenvalue weighted by Gasteiger charge is 2.39. The molecule has 2 aliphatic heterocycles. The standard InChI is InChI=1S/C15H17NO3/c1-15(2)8-7-10(19-15)9-16-13(17)11-5-3-4-6-12(11)14(16)18/h3-6,10H,7-9H2,1-2H3. The van der Waals surface area contributed by atoms with E-state index in [1.54, 1.807) is 24.3 Å². The molecule has 1 unspecified atom stereocenters. The Hall–Kier alpha value is -1.68. The lowest BCUT2D eigenvalue weighted by Gasteiger charge is -2.22. The first kappa shape index (κ1) is 12.4. The van der Waals surface area contributed by atoms with Crippen molar-refractivity contribution in [2.45, 2.75) is 38.4 Å². The molecule has 3 rings (SSSR count). The van der Waals surface area contributed by atoms with Crippen LogP contribution in [-0.2, 0) is 4.74 Å². The predicted molar refractivity (Wildman–Crippen MR) is 70.0 cm³/mol. The quantitative estimate of drug-likeness (QED) is 0.765. The molecule has 100 valence electrons. The minimum Gasteiger partial charge on any atom is -0.370 e. The smallest absolute Gasteiger partial charge is 0.261 e. The van der Waals surface area contributed by atoms with Crippen LogP contribution in [0.15, 0.2) is 24.3 Å². The molecule has 1 aromatic rings. The highest BCUT2D eigenvalue weighted by molar-refractivity contribution is 6.21. The molecule has 1 fully saturated rings. The Kier molecular flexibility index (Phi) is 2.71. The van der Waals surface area contributed by atoms with E-state index in [1.807, 2.05) is 13.8 Å². The summed E-state index contributed by atoms with van der Waals surface area (Å²) in [6.45, 7) is 4.43. The van der Waals surface area contributed by atoms with Crippen molar-refractivity contribution in [3.8, 4) is 0 Å². The van der Waals surface area contributed by atoms with Gasteiger partial charge in [-0.3, -0.25) is 14.5 Å². The first-order valence-electron chi connectivity index (χ1n) is 6.61. The van der Waals surface area contributed by atoms with Crippen molar-refractivity contribution in [2.24, 2.45) is 0 Å². The van der Waals surface area contributed by atoms with Gasteiger partial charge in [0.15, 0.2) is 0 Å². The summed E-state index contributed by atoms with van der Waals surface area (Å²) in [5.74, 6) is -0.400. The lowest BCUT2D eigenvalue weighted by Crippen LogP contribution is -2.37. The molecule has 0 bridgehead atoms. The second-order valence-electron chi connectivity index (χ2n) is 5.80. The number of rotatable bonds is 2. The van der Waals surface area contributed by atoms with Crippen LogP contribution in [0.3, 0.4) is 0 Å². The van der Waals surface area contributed by atoms with Gasteiger partial charge < -0.3 is 4.74 Å². The fourth-order valence-corrected chi connectivity index (χ4v) is 2.81. The van der Waals surface area contributed by atoms with Crippen molar-refractivity contribution in [1.29, 1.82) is 0 Å². The topological polar surface area (TPSA) is 46.6 Å². The van der Waals surface area contributed by atoms with Gasteiger partial charge in [-0.05, 0) is 38.8 Å². The molecule has 0 aliphatic carbocycles. The van der Waals surface area contributed by atoms with E-state index in [2.05, 4.69) is 0 Å². The van der Waals surface area contributed by atoms with Crippen LogP contribution in [0, 0.1) is 0 Å². The number of carbonyl (C=O) groups is 2. The number of nitrogens with zero attached hydrogens (tertiary/aromatic N) is 1. The van der Waals surface area contributed by atoms with Crippen molar-refractivity contribution < 1.29 is 14.3 Å². The summed E-state index contributed by atoms with van der Waals surface area (Å²) in [6, 6.07) is 6.97. The number of benzene rings is 1. The third kappa shape index (κ3) is 2.06. The van der Waals surface area contributed by atoms with Crippen LogP contribution in [0.1, 0.15) is 47.4 Å². The van der Waals surface area contributed by atoms with Gasteiger partial charge in [-0.2, -0.15) is 0 Å². The fraction of sp³-hybridized carbons (Fsp3) is 0.467. The van der Waals surface area contributed by atoms with Gasteiger partial charge in [-0.1, -0.05) is 12.1 Å². The van der Waals surface area contributed by atoms with Gasteiger partial charge in [0.25, 0.3) is 11.8 Å². The molecule has 19 heavy (non-hydrogen) atoms. The predicted octanol–water partition coefficient (Wildman–Crippen LogP) is 2.24. The molecule has 2 aliphatic rings. The summed E-state index contributed by atoms with van der Waals surface area (Å²) in [7, 11) is 0. The van der Waals surface area contributed by atoms with E-state index in [-0.39, 0.29) is 23.5 Å². The van der Waals surface area contributed by atoms with Crippen molar-refractivity contribution in [3.05, 3.63) is 35.4 Å². The molecular formula is C15H17NO3. The van der Waals surface area contributed by atoms with Crippen LogP contribution < -0.4 is 0 Å². The van der Waals surface area contributed by atoms with E-state index in [1.165, 1.54) is 4.90 Å².